The monoisotopic (exact) mass is 452 g/mol. The molecule has 25 heavy (non-hydrogen) atoms. The Morgan fingerprint density at radius 1 is 1.08 bits per heavy atom. The quantitative estimate of drug-likeness (QED) is 0.424. The van der Waals surface area contributed by atoms with Crippen LogP contribution in [0.1, 0.15) is 27.0 Å². The predicted octanol–water partition coefficient (Wildman–Crippen LogP) is 3.55. The number of benzene rings is 2. The van der Waals surface area contributed by atoms with Crippen molar-refractivity contribution in [1.29, 1.82) is 0 Å². The highest BCUT2D eigenvalue weighted by Gasteiger charge is 2.07. The molecule has 0 heterocycles. The van der Waals surface area contributed by atoms with Gasteiger partial charge in [0.05, 0.1) is 6.54 Å². The predicted molar refractivity (Wildman–Crippen MR) is 115 cm³/mol. The van der Waals surface area contributed by atoms with Crippen LogP contribution in [0.3, 0.4) is 0 Å². The Labute approximate surface area is 166 Å². The Morgan fingerprint density at radius 2 is 1.64 bits per heavy atom. The number of nitrogens with one attached hydrogen (secondary N) is 1. The highest BCUT2D eigenvalue weighted by Crippen LogP contribution is 2.13. The standard InChI is InChI=1S/C19H24N4O.HI/c1-13-9-14(2)11-17(10-13)22-19(20)21-12-15-5-7-16(8-6-15)18(24)23(3)4;/h5-11H,12H2,1-4H3,(H3,20,21,22);1H. The van der Waals surface area contributed by atoms with Crippen LogP contribution in [0.2, 0.25) is 0 Å². The van der Waals surface area contributed by atoms with Gasteiger partial charge in [-0.1, -0.05) is 18.2 Å². The van der Waals surface area contributed by atoms with Crippen LogP contribution in [0.15, 0.2) is 47.5 Å². The Hall–Kier alpha value is -2.09. The summed E-state index contributed by atoms with van der Waals surface area (Å²) in [6.45, 7) is 4.55. The number of halogens is 1. The molecule has 0 saturated carbocycles. The minimum Gasteiger partial charge on any atom is -0.370 e. The van der Waals surface area contributed by atoms with Gasteiger partial charge in [0.15, 0.2) is 5.96 Å². The molecule has 1 amide bonds. The van der Waals surface area contributed by atoms with Crippen molar-refractivity contribution < 1.29 is 4.79 Å². The van der Waals surface area contributed by atoms with E-state index in [-0.39, 0.29) is 29.9 Å². The molecular weight excluding hydrogens is 427 g/mol. The molecule has 0 fully saturated rings. The summed E-state index contributed by atoms with van der Waals surface area (Å²) < 4.78 is 0. The molecule has 2 rings (SSSR count). The number of nitrogens with zero attached hydrogens (tertiary/aromatic N) is 2. The number of rotatable bonds is 4. The van der Waals surface area contributed by atoms with E-state index >= 15 is 0 Å². The lowest BCUT2D eigenvalue weighted by atomic mass is 10.1. The molecule has 3 N–H and O–H groups in total. The lowest BCUT2D eigenvalue weighted by Crippen LogP contribution is -2.22. The fraction of sp³-hybridized carbons (Fsp3) is 0.263. The molecule has 134 valence electrons. The Kier molecular flexibility index (Phi) is 7.89. The molecule has 2 aromatic rings. The molecule has 0 aromatic heterocycles. The topological polar surface area (TPSA) is 70.7 Å². The van der Waals surface area contributed by atoms with Crippen molar-refractivity contribution in [3.8, 4) is 0 Å². The lowest BCUT2D eigenvalue weighted by Gasteiger charge is -2.10. The van der Waals surface area contributed by atoms with Crippen LogP contribution >= 0.6 is 24.0 Å². The summed E-state index contributed by atoms with van der Waals surface area (Å²) in [6, 6.07) is 13.6. The Morgan fingerprint density at radius 3 is 2.16 bits per heavy atom. The number of anilines is 1. The first-order chi connectivity index (χ1) is 11.3. The van der Waals surface area contributed by atoms with E-state index in [1.807, 2.05) is 38.1 Å². The number of hydrogen-bond acceptors (Lipinski definition) is 2. The van der Waals surface area contributed by atoms with Crippen molar-refractivity contribution >= 4 is 41.5 Å². The smallest absolute Gasteiger partial charge is 0.253 e. The van der Waals surface area contributed by atoms with Crippen molar-refractivity contribution in [1.82, 2.24) is 4.90 Å². The number of nitrogens with two attached hydrogens (primary N) is 1. The maximum atomic E-state index is 11.8. The zero-order chi connectivity index (χ0) is 17.7. The molecule has 2 aromatic carbocycles. The molecule has 0 aliphatic rings. The van der Waals surface area contributed by atoms with Crippen LogP contribution in [-0.4, -0.2) is 30.9 Å². The molecule has 0 spiro atoms. The van der Waals surface area contributed by atoms with E-state index in [0.717, 1.165) is 11.3 Å². The van der Waals surface area contributed by atoms with Gasteiger partial charge in [0.2, 0.25) is 0 Å². The molecule has 0 atom stereocenters. The summed E-state index contributed by atoms with van der Waals surface area (Å²) in [4.78, 5) is 17.7. The maximum Gasteiger partial charge on any atom is 0.253 e. The summed E-state index contributed by atoms with van der Waals surface area (Å²) in [6.07, 6.45) is 0. The van der Waals surface area contributed by atoms with Gasteiger partial charge in [-0.3, -0.25) is 4.79 Å². The first kappa shape index (κ1) is 21.0. The van der Waals surface area contributed by atoms with Gasteiger partial charge in [0, 0.05) is 25.3 Å². The zero-order valence-corrected chi connectivity index (χ0v) is 17.4. The highest BCUT2D eigenvalue weighted by atomic mass is 127. The normalized spacial score (nSPS) is 10.8. The number of carbonyl (C=O) groups excluding carboxylic acids is 1. The second-order valence-corrected chi connectivity index (χ2v) is 6.10. The van der Waals surface area contributed by atoms with Gasteiger partial charge in [0.1, 0.15) is 0 Å². The third kappa shape index (κ3) is 6.38. The summed E-state index contributed by atoms with van der Waals surface area (Å²) in [5, 5.41) is 3.11. The first-order valence-electron chi connectivity index (χ1n) is 7.81. The molecule has 0 saturated heterocycles. The Bertz CT molecular complexity index is 734. The van der Waals surface area contributed by atoms with Crippen molar-refractivity contribution in [3.05, 3.63) is 64.7 Å². The number of carbonyl (C=O) groups is 1. The molecule has 0 aliphatic heterocycles. The average Bonchev–Trinajstić information content (AvgIpc) is 2.51. The Balaban J connectivity index is 0.00000312. The van der Waals surface area contributed by atoms with Crippen molar-refractivity contribution in [3.63, 3.8) is 0 Å². The van der Waals surface area contributed by atoms with Crippen LogP contribution < -0.4 is 11.1 Å². The molecule has 0 unspecified atom stereocenters. The number of guanidine groups is 1. The van der Waals surface area contributed by atoms with Crippen LogP contribution in [0.5, 0.6) is 0 Å². The molecule has 0 bridgehead atoms. The van der Waals surface area contributed by atoms with Crippen LogP contribution in [0, 0.1) is 13.8 Å². The van der Waals surface area contributed by atoms with Crippen molar-refractivity contribution in [2.45, 2.75) is 20.4 Å². The van der Waals surface area contributed by atoms with Gasteiger partial charge in [-0.15, -0.1) is 24.0 Å². The SMILES string of the molecule is Cc1cc(C)cc(NC(N)=NCc2ccc(C(=O)N(C)C)cc2)c1.I. The molecule has 6 heteroatoms. The second kappa shape index (κ2) is 9.41. The summed E-state index contributed by atoms with van der Waals surface area (Å²) >= 11 is 0. The van der Waals surface area contributed by atoms with E-state index in [2.05, 4.69) is 16.4 Å². The lowest BCUT2D eigenvalue weighted by molar-refractivity contribution is 0.0827. The van der Waals surface area contributed by atoms with Crippen molar-refractivity contribution in [2.24, 2.45) is 10.7 Å². The fourth-order valence-corrected chi connectivity index (χ4v) is 2.42. The van der Waals surface area contributed by atoms with Gasteiger partial charge in [-0.25, -0.2) is 4.99 Å². The van der Waals surface area contributed by atoms with Crippen molar-refractivity contribution in [2.75, 3.05) is 19.4 Å². The van der Waals surface area contributed by atoms with Gasteiger partial charge in [0.25, 0.3) is 5.91 Å². The largest absolute Gasteiger partial charge is 0.370 e. The highest BCUT2D eigenvalue weighted by molar-refractivity contribution is 14.0. The van der Waals surface area contributed by atoms with Crippen LogP contribution in [0.25, 0.3) is 0 Å². The van der Waals surface area contributed by atoms with E-state index < -0.39 is 0 Å². The van der Waals surface area contributed by atoms with Crippen LogP contribution in [0.4, 0.5) is 5.69 Å². The third-order valence-electron chi connectivity index (χ3n) is 3.53. The number of amides is 1. The fourth-order valence-electron chi connectivity index (χ4n) is 2.42. The van der Waals surface area contributed by atoms with Crippen LogP contribution in [-0.2, 0) is 6.54 Å². The summed E-state index contributed by atoms with van der Waals surface area (Å²) in [7, 11) is 3.47. The molecule has 5 nitrogen and oxygen atoms in total. The zero-order valence-electron chi connectivity index (χ0n) is 15.0. The van der Waals surface area contributed by atoms with Gasteiger partial charge < -0.3 is 16.0 Å². The van der Waals surface area contributed by atoms with E-state index in [1.165, 1.54) is 11.1 Å². The number of aliphatic imine (C=N–C) groups is 1. The number of hydrogen-bond donors (Lipinski definition) is 2. The molecule has 0 aliphatic carbocycles. The number of aryl methyl sites for hydroxylation is 2. The molecule has 0 radical (unpaired) electrons. The van der Waals surface area contributed by atoms with E-state index in [9.17, 15) is 4.79 Å². The van der Waals surface area contributed by atoms with Gasteiger partial charge >= 0.3 is 0 Å². The van der Waals surface area contributed by atoms with E-state index in [0.29, 0.717) is 18.1 Å². The maximum absolute atomic E-state index is 11.8. The third-order valence-corrected chi connectivity index (χ3v) is 3.53. The van der Waals surface area contributed by atoms with Gasteiger partial charge in [-0.2, -0.15) is 0 Å². The van der Waals surface area contributed by atoms with E-state index in [1.54, 1.807) is 31.1 Å². The van der Waals surface area contributed by atoms with Gasteiger partial charge in [-0.05, 0) is 54.8 Å². The summed E-state index contributed by atoms with van der Waals surface area (Å²) in [5.74, 6) is 0.356. The molecular formula is C19H25IN4O. The first-order valence-corrected chi connectivity index (χ1v) is 7.81. The summed E-state index contributed by atoms with van der Waals surface area (Å²) in [5.41, 5.74) is 10.9. The second-order valence-electron chi connectivity index (χ2n) is 6.10. The minimum atomic E-state index is -0.0129. The minimum absolute atomic E-state index is 0. The average molecular weight is 452 g/mol. The van der Waals surface area contributed by atoms with E-state index in [4.69, 9.17) is 5.73 Å².